The van der Waals surface area contributed by atoms with Crippen LogP contribution in [0.1, 0.15) is 11.1 Å². The van der Waals surface area contributed by atoms with E-state index in [9.17, 15) is 4.79 Å². The van der Waals surface area contributed by atoms with Crippen LogP contribution in [0.25, 0.3) is 33.1 Å². The van der Waals surface area contributed by atoms with Crippen LogP contribution in [0.15, 0.2) is 82.7 Å². The summed E-state index contributed by atoms with van der Waals surface area (Å²) < 4.78 is 0. The number of H-pyrrole nitrogens is 1. The van der Waals surface area contributed by atoms with Gasteiger partial charge in [-0.1, -0.05) is 54.1 Å². The molecule has 5 aromatic rings. The zero-order valence-electron chi connectivity index (χ0n) is 17.1. The minimum Gasteiger partial charge on any atom is -0.321 e. The number of aryl methyl sites for hydroxylation is 1. The van der Waals surface area contributed by atoms with Crippen molar-refractivity contribution in [3.05, 3.63) is 99.3 Å². The van der Waals surface area contributed by atoms with Crippen molar-refractivity contribution < 1.29 is 0 Å². The molecule has 32 heavy (non-hydrogen) atoms. The minimum absolute atomic E-state index is 0.215. The molecule has 0 aliphatic heterocycles. The van der Waals surface area contributed by atoms with Crippen molar-refractivity contribution in [1.29, 1.82) is 0 Å². The van der Waals surface area contributed by atoms with E-state index in [1.165, 1.54) is 6.21 Å². The first-order valence-electron chi connectivity index (χ1n) is 10.0. The maximum atomic E-state index is 12.4. The van der Waals surface area contributed by atoms with Gasteiger partial charge in [0.25, 0.3) is 5.56 Å². The zero-order chi connectivity index (χ0) is 22.1. The van der Waals surface area contributed by atoms with Gasteiger partial charge in [-0.25, -0.2) is 15.4 Å². The van der Waals surface area contributed by atoms with Gasteiger partial charge in [0.1, 0.15) is 0 Å². The molecule has 0 aliphatic carbocycles. The third-order valence-corrected chi connectivity index (χ3v) is 5.34. The fourth-order valence-corrected chi connectivity index (χ4v) is 3.73. The molecule has 0 radical (unpaired) electrons. The molecule has 0 saturated carbocycles. The number of rotatable bonds is 4. The van der Waals surface area contributed by atoms with E-state index in [1.54, 1.807) is 12.1 Å². The number of aromatic nitrogens is 3. The summed E-state index contributed by atoms with van der Waals surface area (Å²) in [4.78, 5) is 24.5. The van der Waals surface area contributed by atoms with Gasteiger partial charge in [0, 0.05) is 21.5 Å². The molecule has 0 spiro atoms. The predicted octanol–water partition coefficient (Wildman–Crippen LogP) is 5.55. The number of anilines is 1. The fraction of sp³-hybridized carbons (Fsp3) is 0.0400. The first-order valence-corrected chi connectivity index (χ1v) is 10.4. The Bertz CT molecular complexity index is 1540. The van der Waals surface area contributed by atoms with Crippen molar-refractivity contribution in [1.82, 2.24) is 15.0 Å². The van der Waals surface area contributed by atoms with Crippen molar-refractivity contribution in [2.45, 2.75) is 6.92 Å². The van der Waals surface area contributed by atoms with Gasteiger partial charge in [0.2, 0.25) is 5.95 Å². The number of nitrogens with zero attached hydrogens (tertiary/aromatic N) is 3. The van der Waals surface area contributed by atoms with Crippen molar-refractivity contribution in [2.75, 3.05) is 5.43 Å². The lowest BCUT2D eigenvalue weighted by Gasteiger charge is -2.09. The fourth-order valence-electron chi connectivity index (χ4n) is 3.55. The van der Waals surface area contributed by atoms with Gasteiger partial charge < -0.3 is 4.98 Å². The molecule has 5 rings (SSSR count). The number of benzene rings is 3. The summed E-state index contributed by atoms with van der Waals surface area (Å²) in [5.74, 6) is 0.322. The third kappa shape index (κ3) is 3.96. The number of pyridine rings is 1. The smallest absolute Gasteiger partial charge is 0.257 e. The molecule has 2 aromatic heterocycles. The van der Waals surface area contributed by atoms with Crippen LogP contribution in [0.3, 0.4) is 0 Å². The van der Waals surface area contributed by atoms with E-state index in [0.717, 1.165) is 38.6 Å². The number of hydrogen-bond donors (Lipinski definition) is 2. The molecule has 0 bridgehead atoms. The SMILES string of the molecule is Cc1ccc2cc(C=NNc3nc(-c4ccccc4)c4cc(Cl)ccc4n3)c(=O)[nH]c2c1. The van der Waals surface area contributed by atoms with E-state index >= 15 is 0 Å². The Balaban J connectivity index is 1.51. The molecule has 2 N–H and O–H groups in total. The van der Waals surface area contributed by atoms with Crippen LogP contribution in [-0.4, -0.2) is 21.2 Å². The normalized spacial score (nSPS) is 11.4. The topological polar surface area (TPSA) is 83.0 Å². The quantitative estimate of drug-likeness (QED) is 0.284. The summed E-state index contributed by atoms with van der Waals surface area (Å²) in [6.45, 7) is 1.98. The number of halogens is 1. The molecule has 7 heteroatoms. The van der Waals surface area contributed by atoms with E-state index in [2.05, 4.69) is 25.5 Å². The third-order valence-electron chi connectivity index (χ3n) is 5.10. The molecule has 156 valence electrons. The maximum absolute atomic E-state index is 12.4. The summed E-state index contributed by atoms with van der Waals surface area (Å²) in [5.41, 5.74) is 7.38. The largest absolute Gasteiger partial charge is 0.321 e. The Morgan fingerprint density at radius 2 is 1.84 bits per heavy atom. The monoisotopic (exact) mass is 439 g/mol. The minimum atomic E-state index is -0.215. The summed E-state index contributed by atoms with van der Waals surface area (Å²) in [5, 5.41) is 6.60. The molecular weight excluding hydrogens is 422 g/mol. The summed E-state index contributed by atoms with van der Waals surface area (Å²) in [6, 6.07) is 23.0. The van der Waals surface area contributed by atoms with Gasteiger partial charge >= 0.3 is 0 Å². The van der Waals surface area contributed by atoms with Crippen molar-refractivity contribution in [3.8, 4) is 11.3 Å². The molecule has 0 unspecified atom stereocenters. The molecule has 0 atom stereocenters. The van der Waals surface area contributed by atoms with Crippen LogP contribution in [0, 0.1) is 6.92 Å². The lowest BCUT2D eigenvalue weighted by molar-refractivity contribution is 1.15. The highest BCUT2D eigenvalue weighted by Gasteiger charge is 2.10. The van der Waals surface area contributed by atoms with Crippen LogP contribution in [0.5, 0.6) is 0 Å². The second kappa shape index (κ2) is 8.24. The van der Waals surface area contributed by atoms with Crippen LogP contribution in [0.4, 0.5) is 5.95 Å². The highest BCUT2D eigenvalue weighted by atomic mass is 35.5. The van der Waals surface area contributed by atoms with Crippen molar-refractivity contribution in [3.63, 3.8) is 0 Å². The zero-order valence-corrected chi connectivity index (χ0v) is 17.9. The second-order valence-electron chi connectivity index (χ2n) is 7.44. The number of hydrogen-bond acceptors (Lipinski definition) is 5. The number of aromatic amines is 1. The van der Waals surface area contributed by atoms with Crippen molar-refractivity contribution in [2.24, 2.45) is 5.10 Å². The van der Waals surface area contributed by atoms with E-state index in [0.29, 0.717) is 16.5 Å². The highest BCUT2D eigenvalue weighted by Crippen LogP contribution is 2.29. The van der Waals surface area contributed by atoms with E-state index in [4.69, 9.17) is 11.6 Å². The van der Waals surface area contributed by atoms with E-state index in [1.807, 2.05) is 67.6 Å². The van der Waals surface area contributed by atoms with Gasteiger partial charge in [-0.05, 0) is 48.2 Å². The first-order chi connectivity index (χ1) is 15.6. The van der Waals surface area contributed by atoms with Crippen LogP contribution < -0.4 is 11.0 Å². The van der Waals surface area contributed by atoms with Crippen LogP contribution >= 0.6 is 11.6 Å². The molecule has 3 aromatic carbocycles. The van der Waals surface area contributed by atoms with Gasteiger partial charge in [0.05, 0.1) is 23.0 Å². The summed E-state index contributed by atoms with van der Waals surface area (Å²) in [6.07, 6.45) is 1.47. The number of fused-ring (bicyclic) bond motifs is 2. The Kier molecular flexibility index (Phi) is 5.13. The Morgan fingerprint density at radius 1 is 1.00 bits per heavy atom. The van der Waals surface area contributed by atoms with Crippen LogP contribution in [0.2, 0.25) is 5.02 Å². The number of hydrazone groups is 1. The molecule has 0 saturated heterocycles. The average Bonchev–Trinajstić information content (AvgIpc) is 2.80. The molecule has 6 nitrogen and oxygen atoms in total. The average molecular weight is 440 g/mol. The molecule has 0 aliphatic rings. The lowest BCUT2D eigenvalue weighted by Crippen LogP contribution is -2.12. The second-order valence-corrected chi connectivity index (χ2v) is 7.87. The standard InChI is InChI=1S/C25H18ClN5O/c1-15-7-8-17-12-18(24(32)28-22(17)11-15)14-27-31-25-29-21-10-9-19(26)13-20(21)23(30-25)16-5-3-2-4-6-16/h2-14H,1H3,(H,28,32)(H,29,30,31). The van der Waals surface area contributed by atoms with E-state index < -0.39 is 0 Å². The van der Waals surface area contributed by atoms with Gasteiger partial charge in [-0.2, -0.15) is 5.10 Å². The Labute approximate surface area is 188 Å². The van der Waals surface area contributed by atoms with Crippen molar-refractivity contribution >= 4 is 45.6 Å². The maximum Gasteiger partial charge on any atom is 0.257 e. The van der Waals surface area contributed by atoms with Gasteiger partial charge in [-0.3, -0.25) is 4.79 Å². The molecule has 0 amide bonds. The van der Waals surface area contributed by atoms with Crippen LogP contribution in [-0.2, 0) is 0 Å². The Hall–Kier alpha value is -4.03. The summed E-state index contributed by atoms with van der Waals surface area (Å²) >= 11 is 6.21. The lowest BCUT2D eigenvalue weighted by atomic mass is 10.1. The summed E-state index contributed by atoms with van der Waals surface area (Å²) in [7, 11) is 0. The molecule has 0 fully saturated rings. The first kappa shape index (κ1) is 19.9. The Morgan fingerprint density at radius 3 is 2.69 bits per heavy atom. The highest BCUT2D eigenvalue weighted by molar-refractivity contribution is 6.31. The molecular formula is C25H18ClN5O. The number of nitrogens with one attached hydrogen (secondary N) is 2. The van der Waals surface area contributed by atoms with E-state index in [-0.39, 0.29) is 5.56 Å². The molecule has 2 heterocycles. The predicted molar refractivity (Wildman–Crippen MR) is 131 cm³/mol. The van der Waals surface area contributed by atoms with Gasteiger partial charge in [-0.15, -0.1) is 0 Å². The van der Waals surface area contributed by atoms with Gasteiger partial charge in [0.15, 0.2) is 0 Å².